The Labute approximate surface area is 96.8 Å². The summed E-state index contributed by atoms with van der Waals surface area (Å²) in [6.45, 7) is 6.83. The number of amides is 1. The fraction of sp³-hybridized carbons (Fsp3) is 0.909. The molecule has 0 aliphatic heterocycles. The zero-order valence-electron chi connectivity index (χ0n) is 10.1. The van der Waals surface area contributed by atoms with Crippen LogP contribution in [0, 0.1) is 0 Å². The van der Waals surface area contributed by atoms with Gasteiger partial charge >= 0.3 is 0 Å². The van der Waals surface area contributed by atoms with Gasteiger partial charge in [0.15, 0.2) is 0 Å². The lowest BCUT2D eigenvalue weighted by atomic mass is 10.2. The van der Waals surface area contributed by atoms with E-state index >= 15 is 0 Å². The summed E-state index contributed by atoms with van der Waals surface area (Å²) in [6, 6.07) is 0.134. The second-order valence-corrected chi connectivity index (χ2v) is 5.93. The third-order valence-corrected chi connectivity index (χ3v) is 4.21. The molecule has 1 aliphatic rings. The Bertz CT molecular complexity index is 227. The number of carbonyl (C=O) groups excluding carboxylic acids is 1. The minimum absolute atomic E-state index is 0.0861. The van der Waals surface area contributed by atoms with Crippen LogP contribution in [0.2, 0.25) is 0 Å². The zero-order valence-corrected chi connectivity index (χ0v) is 10.9. The predicted octanol–water partition coefficient (Wildman–Crippen LogP) is 1.38. The SMILES string of the molecule is CSC1(CNC(C)C(=O)NC(C)C)CC1. The number of carbonyl (C=O) groups is 1. The van der Waals surface area contributed by atoms with Crippen molar-refractivity contribution in [2.75, 3.05) is 12.8 Å². The van der Waals surface area contributed by atoms with Crippen LogP contribution in [-0.2, 0) is 4.79 Å². The Hall–Kier alpha value is -0.220. The van der Waals surface area contributed by atoms with E-state index in [0.717, 1.165) is 6.54 Å². The molecule has 2 N–H and O–H groups in total. The molecule has 0 bridgehead atoms. The van der Waals surface area contributed by atoms with Crippen LogP contribution in [0.15, 0.2) is 0 Å². The number of rotatable bonds is 6. The molecule has 3 nitrogen and oxygen atoms in total. The molecule has 1 rings (SSSR count). The van der Waals surface area contributed by atoms with Crippen molar-refractivity contribution in [1.82, 2.24) is 10.6 Å². The third kappa shape index (κ3) is 4.03. The molecule has 0 aromatic rings. The Morgan fingerprint density at radius 3 is 2.40 bits per heavy atom. The minimum atomic E-state index is -0.0861. The van der Waals surface area contributed by atoms with Crippen LogP contribution < -0.4 is 10.6 Å². The number of hydrogen-bond acceptors (Lipinski definition) is 3. The highest BCUT2D eigenvalue weighted by molar-refractivity contribution is 8.00. The van der Waals surface area contributed by atoms with Crippen LogP contribution >= 0.6 is 11.8 Å². The quantitative estimate of drug-likeness (QED) is 0.724. The van der Waals surface area contributed by atoms with E-state index in [0.29, 0.717) is 4.75 Å². The van der Waals surface area contributed by atoms with Gasteiger partial charge in [0.25, 0.3) is 0 Å². The molecule has 0 spiro atoms. The van der Waals surface area contributed by atoms with Crippen LogP contribution in [0.4, 0.5) is 0 Å². The summed E-state index contributed by atoms with van der Waals surface area (Å²) in [4.78, 5) is 11.6. The molecule has 0 aromatic heterocycles. The highest BCUT2D eigenvalue weighted by Crippen LogP contribution is 2.46. The van der Waals surface area contributed by atoms with E-state index < -0.39 is 0 Å². The van der Waals surface area contributed by atoms with Crippen LogP contribution in [0.25, 0.3) is 0 Å². The van der Waals surface area contributed by atoms with Gasteiger partial charge in [-0.25, -0.2) is 0 Å². The lowest BCUT2D eigenvalue weighted by Gasteiger charge is -2.19. The maximum absolute atomic E-state index is 11.6. The van der Waals surface area contributed by atoms with E-state index in [1.165, 1.54) is 12.8 Å². The number of hydrogen-bond donors (Lipinski definition) is 2. The Morgan fingerprint density at radius 2 is 2.00 bits per heavy atom. The van der Waals surface area contributed by atoms with E-state index in [1.807, 2.05) is 32.5 Å². The first kappa shape index (κ1) is 12.8. The largest absolute Gasteiger partial charge is 0.353 e. The van der Waals surface area contributed by atoms with Gasteiger partial charge < -0.3 is 10.6 Å². The highest BCUT2D eigenvalue weighted by atomic mass is 32.2. The highest BCUT2D eigenvalue weighted by Gasteiger charge is 2.41. The maximum atomic E-state index is 11.6. The smallest absolute Gasteiger partial charge is 0.237 e. The van der Waals surface area contributed by atoms with E-state index in [4.69, 9.17) is 0 Å². The first-order valence-corrected chi connectivity index (χ1v) is 6.80. The molecule has 15 heavy (non-hydrogen) atoms. The molecular formula is C11H22N2OS. The lowest BCUT2D eigenvalue weighted by Crippen LogP contribution is -2.46. The van der Waals surface area contributed by atoms with Gasteiger partial charge in [-0.1, -0.05) is 0 Å². The van der Waals surface area contributed by atoms with Crippen molar-refractivity contribution in [1.29, 1.82) is 0 Å². The summed E-state index contributed by atoms with van der Waals surface area (Å²) >= 11 is 1.91. The van der Waals surface area contributed by atoms with Gasteiger partial charge in [-0.3, -0.25) is 4.79 Å². The van der Waals surface area contributed by atoms with E-state index in [1.54, 1.807) is 0 Å². The summed E-state index contributed by atoms with van der Waals surface area (Å²) in [5, 5.41) is 6.22. The van der Waals surface area contributed by atoms with Gasteiger partial charge in [-0.2, -0.15) is 11.8 Å². The summed E-state index contributed by atoms with van der Waals surface area (Å²) in [7, 11) is 0. The molecule has 0 heterocycles. The minimum Gasteiger partial charge on any atom is -0.353 e. The van der Waals surface area contributed by atoms with Crippen molar-refractivity contribution in [2.24, 2.45) is 0 Å². The molecule has 1 fully saturated rings. The number of nitrogens with one attached hydrogen (secondary N) is 2. The second-order valence-electron chi connectivity index (χ2n) is 4.65. The normalized spacial score (nSPS) is 20.1. The van der Waals surface area contributed by atoms with E-state index in [2.05, 4.69) is 16.9 Å². The van der Waals surface area contributed by atoms with E-state index in [9.17, 15) is 4.79 Å². The van der Waals surface area contributed by atoms with Gasteiger partial charge in [0.1, 0.15) is 0 Å². The maximum Gasteiger partial charge on any atom is 0.237 e. The number of thioether (sulfide) groups is 1. The Morgan fingerprint density at radius 1 is 1.40 bits per heavy atom. The summed E-state index contributed by atoms with van der Waals surface area (Å²) in [6.07, 6.45) is 4.70. The van der Waals surface area contributed by atoms with Crippen LogP contribution in [0.3, 0.4) is 0 Å². The summed E-state index contributed by atoms with van der Waals surface area (Å²) in [5.41, 5.74) is 0. The molecule has 1 aliphatic carbocycles. The van der Waals surface area contributed by atoms with Crippen molar-refractivity contribution < 1.29 is 4.79 Å². The summed E-state index contributed by atoms with van der Waals surface area (Å²) in [5.74, 6) is 0.0990. The third-order valence-electron chi connectivity index (χ3n) is 2.80. The fourth-order valence-electron chi connectivity index (χ4n) is 1.43. The molecule has 4 heteroatoms. The monoisotopic (exact) mass is 230 g/mol. The van der Waals surface area contributed by atoms with Crippen molar-refractivity contribution in [3.8, 4) is 0 Å². The van der Waals surface area contributed by atoms with Gasteiger partial charge in [-0.15, -0.1) is 0 Å². The molecular weight excluding hydrogens is 208 g/mol. The molecule has 1 unspecified atom stereocenters. The van der Waals surface area contributed by atoms with Crippen molar-refractivity contribution in [3.05, 3.63) is 0 Å². The lowest BCUT2D eigenvalue weighted by molar-refractivity contribution is -0.123. The van der Waals surface area contributed by atoms with Gasteiger partial charge in [0.05, 0.1) is 6.04 Å². The molecule has 1 saturated carbocycles. The Kier molecular flexibility index (Phi) is 4.46. The molecule has 88 valence electrons. The predicted molar refractivity (Wildman–Crippen MR) is 66.2 cm³/mol. The molecule has 0 saturated heterocycles. The van der Waals surface area contributed by atoms with Crippen LogP contribution in [-0.4, -0.2) is 35.5 Å². The van der Waals surface area contributed by atoms with Crippen LogP contribution in [0.1, 0.15) is 33.6 Å². The molecule has 0 radical (unpaired) electrons. The fourth-order valence-corrected chi connectivity index (χ4v) is 2.17. The first-order chi connectivity index (χ1) is 6.99. The van der Waals surface area contributed by atoms with Gasteiger partial charge in [-0.05, 0) is 39.9 Å². The second kappa shape index (κ2) is 5.21. The molecule has 1 amide bonds. The van der Waals surface area contributed by atoms with Crippen molar-refractivity contribution in [2.45, 2.75) is 50.4 Å². The van der Waals surface area contributed by atoms with Gasteiger partial charge in [0, 0.05) is 17.3 Å². The average molecular weight is 230 g/mol. The summed E-state index contributed by atoms with van der Waals surface area (Å²) < 4.78 is 0.423. The van der Waals surface area contributed by atoms with Gasteiger partial charge in [0.2, 0.25) is 5.91 Å². The Balaban J connectivity index is 2.23. The van der Waals surface area contributed by atoms with Crippen molar-refractivity contribution >= 4 is 17.7 Å². The first-order valence-electron chi connectivity index (χ1n) is 5.58. The van der Waals surface area contributed by atoms with E-state index in [-0.39, 0.29) is 18.0 Å². The average Bonchev–Trinajstić information content (AvgIpc) is 2.94. The van der Waals surface area contributed by atoms with Crippen LogP contribution in [0.5, 0.6) is 0 Å². The molecule has 1 atom stereocenters. The zero-order chi connectivity index (χ0) is 11.5. The topological polar surface area (TPSA) is 41.1 Å². The standard InChI is InChI=1S/C11H22N2OS/c1-8(2)13-10(14)9(3)12-7-11(15-4)5-6-11/h8-9,12H,5-7H2,1-4H3,(H,13,14). The van der Waals surface area contributed by atoms with Crippen molar-refractivity contribution in [3.63, 3.8) is 0 Å². The molecule has 0 aromatic carbocycles.